The van der Waals surface area contributed by atoms with Crippen LogP contribution in [0.25, 0.3) is 34.8 Å². The fraction of sp³-hybridized carbons (Fsp3) is 0. The highest BCUT2D eigenvalue weighted by atomic mass is 32.2. The molecule has 0 fully saturated rings. The topological polar surface area (TPSA) is 45.2 Å². The van der Waals surface area contributed by atoms with Crippen molar-refractivity contribution in [2.24, 2.45) is 0 Å². The number of rotatable bonds is 4. The average molecular weight is 478 g/mol. The molecule has 2 aromatic rings. The van der Waals surface area contributed by atoms with Gasteiger partial charge < -0.3 is 0 Å². The Balaban J connectivity index is 1.41. The zero-order chi connectivity index (χ0) is 23.1. The van der Waals surface area contributed by atoms with Gasteiger partial charge in [0.15, 0.2) is 0 Å². The predicted molar refractivity (Wildman–Crippen MR) is 141 cm³/mol. The molecule has 4 aliphatic heterocycles. The van der Waals surface area contributed by atoms with Gasteiger partial charge in [0.2, 0.25) is 0 Å². The first-order valence-corrected chi connectivity index (χ1v) is 12.2. The van der Waals surface area contributed by atoms with Crippen LogP contribution >= 0.6 is 23.9 Å². The van der Waals surface area contributed by atoms with Crippen LogP contribution in [0.2, 0.25) is 0 Å². The molecule has 0 N–H and O–H groups in total. The van der Waals surface area contributed by atoms with Gasteiger partial charge in [-0.25, -0.2) is 0 Å². The molecule has 0 amide bonds. The fourth-order valence-corrected chi connectivity index (χ4v) is 5.93. The van der Waals surface area contributed by atoms with Crippen LogP contribution in [0.15, 0.2) is 102 Å². The number of aromatic nitrogens is 3. The minimum absolute atomic E-state index is 0.752. The highest BCUT2D eigenvalue weighted by Gasteiger charge is 2.25. The maximum Gasteiger partial charge on any atom is 0.113 e. The molecule has 0 unspecified atom stereocenters. The van der Waals surface area contributed by atoms with E-state index in [1.54, 1.807) is 30.1 Å². The average Bonchev–Trinajstić information content (AvgIpc) is 3.50. The fourth-order valence-electron chi connectivity index (χ4n) is 4.04. The monoisotopic (exact) mass is 477 g/mol. The van der Waals surface area contributed by atoms with E-state index in [4.69, 9.17) is 0 Å². The van der Waals surface area contributed by atoms with E-state index in [-0.39, 0.29) is 0 Å². The van der Waals surface area contributed by atoms with Crippen LogP contribution in [-0.2, 0) is 0 Å². The molecule has 6 rings (SSSR count). The minimum Gasteiger partial charge on any atom is -0.288 e. The summed E-state index contributed by atoms with van der Waals surface area (Å²) in [6.07, 6.45) is 9.58. The van der Waals surface area contributed by atoms with Crippen molar-refractivity contribution in [3.05, 3.63) is 115 Å². The van der Waals surface area contributed by atoms with Gasteiger partial charge in [0, 0.05) is 38.9 Å². The lowest BCUT2D eigenvalue weighted by molar-refractivity contribution is 0.913. The highest BCUT2D eigenvalue weighted by molar-refractivity contribution is 7.98. The van der Waals surface area contributed by atoms with Crippen LogP contribution in [0.3, 0.4) is 0 Å². The third-order valence-electron chi connectivity index (χ3n) is 5.66. The Labute approximate surface area is 206 Å². The molecule has 0 spiro atoms. The lowest BCUT2D eigenvalue weighted by Crippen LogP contribution is -1.98. The lowest BCUT2D eigenvalue weighted by atomic mass is 10.1. The van der Waals surface area contributed by atoms with Gasteiger partial charge in [-0.3, -0.25) is 13.6 Å². The van der Waals surface area contributed by atoms with E-state index in [1.807, 2.05) is 48.8 Å². The minimum atomic E-state index is 0.752. The Hall–Kier alpha value is -3.81. The molecule has 7 heteroatoms. The summed E-state index contributed by atoms with van der Waals surface area (Å²) < 4.78 is 4.12. The third kappa shape index (κ3) is 3.50. The molecule has 0 atom stereocenters. The van der Waals surface area contributed by atoms with Gasteiger partial charge in [-0.1, -0.05) is 49.6 Å². The third-order valence-corrected chi connectivity index (χ3v) is 7.85. The molecule has 34 heavy (non-hydrogen) atoms. The highest BCUT2D eigenvalue weighted by Crippen LogP contribution is 2.45. The van der Waals surface area contributed by atoms with Crippen LogP contribution in [0.4, 0.5) is 0 Å². The van der Waals surface area contributed by atoms with Crippen LogP contribution in [-0.4, -0.2) is 23.8 Å². The Morgan fingerprint density at radius 2 is 1.29 bits per heavy atom. The van der Waals surface area contributed by atoms with E-state index < -0.39 is 0 Å². The van der Waals surface area contributed by atoms with E-state index in [2.05, 4.69) is 73.4 Å². The van der Waals surface area contributed by atoms with Crippen molar-refractivity contribution in [1.82, 2.24) is 23.8 Å². The summed E-state index contributed by atoms with van der Waals surface area (Å²) in [5.74, 6) is 0. The molecule has 2 aromatic carbocycles. The second-order valence-electron chi connectivity index (χ2n) is 7.65. The molecule has 0 saturated carbocycles. The summed E-state index contributed by atoms with van der Waals surface area (Å²) in [6, 6.07) is 20.7. The van der Waals surface area contributed by atoms with Gasteiger partial charge in [-0.05, 0) is 60.3 Å². The van der Waals surface area contributed by atoms with Gasteiger partial charge in [-0.2, -0.15) is 0 Å². The largest absolute Gasteiger partial charge is 0.288 e. The summed E-state index contributed by atoms with van der Waals surface area (Å²) in [6.45, 7) is 7.93. The van der Waals surface area contributed by atoms with Crippen molar-refractivity contribution in [3.63, 3.8) is 0 Å². The normalized spacial score (nSPS) is 16.8. The first kappa shape index (κ1) is 20.8. The summed E-state index contributed by atoms with van der Waals surface area (Å²) in [5.41, 5.74) is 7.78. The van der Waals surface area contributed by atoms with E-state index in [9.17, 15) is 0 Å². The lowest BCUT2D eigenvalue weighted by Gasteiger charge is -2.12. The molecule has 0 bridgehead atoms. The van der Waals surface area contributed by atoms with Crippen LogP contribution in [0, 0.1) is 0 Å². The van der Waals surface area contributed by atoms with E-state index in [1.165, 1.54) is 15.4 Å². The van der Waals surface area contributed by atoms with Crippen molar-refractivity contribution < 1.29 is 0 Å². The zero-order valence-corrected chi connectivity index (χ0v) is 19.8. The maximum atomic E-state index is 4.69. The van der Waals surface area contributed by atoms with Gasteiger partial charge in [0.05, 0.1) is 29.0 Å². The quantitative estimate of drug-likeness (QED) is 0.296. The first-order chi connectivity index (χ1) is 16.7. The first-order valence-electron chi connectivity index (χ1n) is 10.7. The molecule has 4 aliphatic rings. The number of benzene rings is 2. The number of hydrogen-bond acceptors (Lipinski definition) is 7. The van der Waals surface area contributed by atoms with Gasteiger partial charge in [0.25, 0.3) is 0 Å². The number of fused-ring (bicyclic) bond motifs is 3. The molecular formula is C27H19N5S2. The Morgan fingerprint density at radius 3 is 1.94 bits per heavy atom. The molecule has 0 radical (unpaired) electrons. The summed E-state index contributed by atoms with van der Waals surface area (Å²) in [5, 5.41) is 8.83. The van der Waals surface area contributed by atoms with Crippen molar-refractivity contribution in [2.75, 3.05) is 0 Å². The van der Waals surface area contributed by atoms with Crippen molar-refractivity contribution in [3.8, 4) is 11.3 Å². The molecule has 0 aromatic heterocycles. The van der Waals surface area contributed by atoms with E-state index in [0.29, 0.717) is 0 Å². The van der Waals surface area contributed by atoms with Crippen LogP contribution in [0.1, 0.15) is 22.5 Å². The van der Waals surface area contributed by atoms with E-state index in [0.717, 1.165) is 39.6 Å². The van der Waals surface area contributed by atoms with Crippen molar-refractivity contribution in [1.29, 1.82) is 0 Å². The van der Waals surface area contributed by atoms with Gasteiger partial charge in [0.1, 0.15) is 5.69 Å². The maximum absolute atomic E-state index is 4.69. The Kier molecular flexibility index (Phi) is 5.20. The second kappa shape index (κ2) is 8.52. The van der Waals surface area contributed by atoms with Gasteiger partial charge >= 0.3 is 0 Å². The zero-order valence-electron chi connectivity index (χ0n) is 18.1. The predicted octanol–water partition coefficient (Wildman–Crippen LogP) is 6.91. The number of hydrogen-bond donors (Lipinski definition) is 0. The molecule has 0 aliphatic carbocycles. The Morgan fingerprint density at radius 1 is 0.676 bits per heavy atom. The second-order valence-corrected chi connectivity index (χ2v) is 9.68. The van der Waals surface area contributed by atoms with Crippen LogP contribution in [0.5, 0.6) is 0 Å². The molecule has 4 heterocycles. The smallest absolute Gasteiger partial charge is 0.113 e. The Bertz CT molecular complexity index is 1480. The van der Waals surface area contributed by atoms with Crippen molar-refractivity contribution >= 4 is 47.4 Å². The summed E-state index contributed by atoms with van der Waals surface area (Å²) in [7, 11) is 0. The number of nitrogens with zero attached hydrogens (tertiary/aromatic N) is 5. The molecule has 0 saturated heterocycles. The van der Waals surface area contributed by atoms with E-state index >= 15 is 0 Å². The molecular weight excluding hydrogens is 458 g/mol. The molecule has 5 nitrogen and oxygen atoms in total. The van der Waals surface area contributed by atoms with Crippen LogP contribution < -0.4 is 0 Å². The summed E-state index contributed by atoms with van der Waals surface area (Å²) >= 11 is 3.31. The standard InChI is InChI=1S/C27H19N5S2/c1-3-31-24(20-9-5-7-11-26(20)33-31)15-18-13-14-19-22(29-30-23(19)17-28-18)16-25-21-10-6-8-12-27(21)34-32(25)4-2/h3-17H,1-2H2/b24-15+,25-16+. The summed E-state index contributed by atoms with van der Waals surface area (Å²) in [4.78, 5) is 7.08. The molecule has 164 valence electrons. The van der Waals surface area contributed by atoms with Crippen molar-refractivity contribution in [2.45, 2.75) is 9.79 Å². The SMILES string of the molecule is C=CN1Sc2ccccc2/C1=C\c1ccc2c(/C=C3\c4ccccc4SN3C=C)nnc-2cn1. The van der Waals surface area contributed by atoms with Gasteiger partial charge in [-0.15, -0.1) is 10.2 Å².